The molecule has 0 aromatic rings. The van der Waals surface area contributed by atoms with Crippen molar-refractivity contribution in [3.63, 3.8) is 0 Å². The summed E-state index contributed by atoms with van der Waals surface area (Å²) >= 11 is 0. The van der Waals surface area contributed by atoms with Crippen LogP contribution in [0.3, 0.4) is 0 Å². The van der Waals surface area contributed by atoms with E-state index in [1.165, 1.54) is 19.3 Å². The molecule has 0 radical (unpaired) electrons. The second-order valence-corrected chi connectivity index (χ2v) is 1.56. The van der Waals surface area contributed by atoms with Gasteiger partial charge in [0.2, 0.25) is 0 Å². The van der Waals surface area contributed by atoms with Crippen LogP contribution in [0, 0.1) is 6.92 Å². The molecule has 7 heavy (non-hydrogen) atoms. The average Bonchev–Trinajstić information content (AvgIpc) is 1.61. The fraction of sp³-hybridized carbons (Fsp3) is 0.833. The Bertz CT molecular complexity index is 16.1. The minimum Gasteiger partial charge on any atom is -0.343 e. The van der Waals surface area contributed by atoms with Crippen LogP contribution in [0.4, 0.5) is 0 Å². The van der Waals surface area contributed by atoms with E-state index in [0.717, 1.165) is 6.42 Å². The molecule has 0 unspecified atom stereocenters. The fourth-order valence-corrected chi connectivity index (χ4v) is 0.427. The first-order chi connectivity index (χ1) is 2.91. The molecule has 0 saturated carbocycles. The standard InChI is InChI=1S/C6H13.Na/c1-3-5-6-4-2;/h1,3-6H2,2H3;/q-1;+1. The summed E-state index contributed by atoms with van der Waals surface area (Å²) in [5.41, 5.74) is 0. The van der Waals surface area contributed by atoms with Crippen LogP contribution >= 0.6 is 0 Å². The van der Waals surface area contributed by atoms with Gasteiger partial charge in [-0.3, -0.25) is 0 Å². The van der Waals surface area contributed by atoms with Crippen molar-refractivity contribution < 1.29 is 29.6 Å². The average molecular weight is 108 g/mol. The van der Waals surface area contributed by atoms with Gasteiger partial charge in [-0.15, -0.1) is 0 Å². The quantitative estimate of drug-likeness (QED) is 0.257. The Balaban J connectivity index is 0. The van der Waals surface area contributed by atoms with E-state index >= 15 is 0 Å². The van der Waals surface area contributed by atoms with Gasteiger partial charge in [-0.2, -0.15) is 6.42 Å². The van der Waals surface area contributed by atoms with E-state index in [1.807, 2.05) is 0 Å². The zero-order valence-electron chi connectivity index (χ0n) is 5.54. The van der Waals surface area contributed by atoms with Crippen molar-refractivity contribution in [3.05, 3.63) is 6.92 Å². The van der Waals surface area contributed by atoms with E-state index in [4.69, 9.17) is 0 Å². The van der Waals surface area contributed by atoms with Crippen molar-refractivity contribution in [1.82, 2.24) is 0 Å². The third-order valence-electron chi connectivity index (χ3n) is 0.854. The molecule has 0 atom stereocenters. The molecule has 0 N–H and O–H groups in total. The third kappa shape index (κ3) is 10.9. The molecule has 1 heteroatoms. The van der Waals surface area contributed by atoms with Crippen molar-refractivity contribution in [2.45, 2.75) is 32.6 Å². The van der Waals surface area contributed by atoms with E-state index in [0.29, 0.717) is 0 Å². The molecule has 0 aromatic carbocycles. The van der Waals surface area contributed by atoms with Crippen molar-refractivity contribution in [3.8, 4) is 0 Å². The number of hydrogen-bond acceptors (Lipinski definition) is 0. The molecule has 0 rings (SSSR count). The zero-order chi connectivity index (χ0) is 4.83. The van der Waals surface area contributed by atoms with E-state index in [9.17, 15) is 0 Å². The number of unbranched alkanes of at least 4 members (excludes halogenated alkanes) is 3. The van der Waals surface area contributed by atoms with Gasteiger partial charge < -0.3 is 6.92 Å². The Morgan fingerprint density at radius 1 is 1.29 bits per heavy atom. The zero-order valence-corrected chi connectivity index (χ0v) is 7.54. The van der Waals surface area contributed by atoms with Crippen LogP contribution in [-0.4, -0.2) is 0 Å². The molecule has 0 saturated heterocycles. The maximum absolute atomic E-state index is 3.72. The van der Waals surface area contributed by atoms with Gasteiger partial charge in [-0.25, -0.2) is 0 Å². The van der Waals surface area contributed by atoms with Gasteiger partial charge in [0.05, 0.1) is 0 Å². The van der Waals surface area contributed by atoms with Crippen LogP contribution in [-0.2, 0) is 0 Å². The Hall–Kier alpha value is 1.00. The molecular weight excluding hydrogens is 95.1 g/mol. The number of hydrogen-bond donors (Lipinski definition) is 0. The second kappa shape index (κ2) is 10.1. The molecule has 0 aromatic heterocycles. The molecule has 38 valence electrons. The van der Waals surface area contributed by atoms with Crippen molar-refractivity contribution in [2.24, 2.45) is 0 Å². The monoisotopic (exact) mass is 108 g/mol. The molecule has 0 fully saturated rings. The Labute approximate surface area is 69.0 Å². The van der Waals surface area contributed by atoms with E-state index in [1.54, 1.807) is 0 Å². The molecule has 0 aliphatic rings. The van der Waals surface area contributed by atoms with Crippen LogP contribution in [0.25, 0.3) is 0 Å². The van der Waals surface area contributed by atoms with Crippen molar-refractivity contribution in [1.29, 1.82) is 0 Å². The first kappa shape index (κ1) is 10.9. The summed E-state index contributed by atoms with van der Waals surface area (Å²) in [5, 5.41) is 0. The minimum atomic E-state index is 0. The molecule has 0 aliphatic heterocycles. The second-order valence-electron chi connectivity index (χ2n) is 1.56. The predicted molar refractivity (Wildman–Crippen MR) is 29.5 cm³/mol. The topological polar surface area (TPSA) is 0 Å². The summed E-state index contributed by atoms with van der Waals surface area (Å²) in [4.78, 5) is 0. The van der Waals surface area contributed by atoms with Crippen LogP contribution in [0.1, 0.15) is 32.6 Å². The smallest absolute Gasteiger partial charge is 0.343 e. The summed E-state index contributed by atoms with van der Waals surface area (Å²) in [6.07, 6.45) is 5.07. The summed E-state index contributed by atoms with van der Waals surface area (Å²) < 4.78 is 0. The van der Waals surface area contributed by atoms with Gasteiger partial charge >= 0.3 is 29.6 Å². The van der Waals surface area contributed by atoms with Crippen molar-refractivity contribution in [2.75, 3.05) is 0 Å². The van der Waals surface area contributed by atoms with Crippen LogP contribution in [0.2, 0.25) is 0 Å². The number of rotatable bonds is 3. The third-order valence-corrected chi connectivity index (χ3v) is 0.854. The van der Waals surface area contributed by atoms with Gasteiger partial charge in [0, 0.05) is 0 Å². The minimum absolute atomic E-state index is 0. The maximum atomic E-state index is 3.72. The Morgan fingerprint density at radius 3 is 2.00 bits per heavy atom. The molecule has 0 nitrogen and oxygen atoms in total. The predicted octanol–water partition coefficient (Wildman–Crippen LogP) is -0.595. The van der Waals surface area contributed by atoms with E-state index < -0.39 is 0 Å². The Morgan fingerprint density at radius 2 is 1.86 bits per heavy atom. The molecule has 0 aliphatic carbocycles. The summed E-state index contributed by atoms with van der Waals surface area (Å²) in [6.45, 7) is 5.93. The van der Waals surface area contributed by atoms with Gasteiger partial charge in [-0.1, -0.05) is 26.2 Å². The van der Waals surface area contributed by atoms with E-state index in [-0.39, 0.29) is 29.6 Å². The summed E-state index contributed by atoms with van der Waals surface area (Å²) in [7, 11) is 0. The molecule has 0 spiro atoms. The molecule has 0 heterocycles. The van der Waals surface area contributed by atoms with Gasteiger partial charge in [0.1, 0.15) is 0 Å². The van der Waals surface area contributed by atoms with Gasteiger partial charge in [-0.05, 0) is 0 Å². The van der Waals surface area contributed by atoms with Gasteiger partial charge in [0.25, 0.3) is 0 Å². The van der Waals surface area contributed by atoms with Crippen LogP contribution in [0.5, 0.6) is 0 Å². The van der Waals surface area contributed by atoms with Crippen LogP contribution in [0.15, 0.2) is 0 Å². The summed E-state index contributed by atoms with van der Waals surface area (Å²) in [5.74, 6) is 0. The SMILES string of the molecule is [CH2-]CCCCC.[Na+]. The van der Waals surface area contributed by atoms with Crippen molar-refractivity contribution >= 4 is 0 Å². The largest absolute Gasteiger partial charge is 1.00 e. The molecular formula is C6H13Na. The molecule has 0 amide bonds. The molecule has 0 bridgehead atoms. The maximum Gasteiger partial charge on any atom is 1.00 e. The summed E-state index contributed by atoms with van der Waals surface area (Å²) in [6, 6.07) is 0. The fourth-order valence-electron chi connectivity index (χ4n) is 0.427. The van der Waals surface area contributed by atoms with E-state index in [2.05, 4.69) is 13.8 Å². The first-order valence-corrected chi connectivity index (χ1v) is 2.71. The van der Waals surface area contributed by atoms with Crippen LogP contribution < -0.4 is 29.6 Å². The Kier molecular flexibility index (Phi) is 15.7. The normalized spacial score (nSPS) is 7.71. The first-order valence-electron chi connectivity index (χ1n) is 2.71. The van der Waals surface area contributed by atoms with Gasteiger partial charge in [0.15, 0.2) is 0 Å².